The van der Waals surface area contributed by atoms with Crippen molar-refractivity contribution < 1.29 is 19.2 Å². The summed E-state index contributed by atoms with van der Waals surface area (Å²) in [5.41, 5.74) is 2.14. The van der Waals surface area contributed by atoms with Crippen molar-refractivity contribution in [3.63, 3.8) is 0 Å². The first-order chi connectivity index (χ1) is 13.6. The first-order valence-corrected chi connectivity index (χ1v) is 9.49. The van der Waals surface area contributed by atoms with Gasteiger partial charge < -0.3 is 0 Å². The van der Waals surface area contributed by atoms with E-state index in [2.05, 4.69) is 20.8 Å². The van der Waals surface area contributed by atoms with E-state index in [9.17, 15) is 19.2 Å². The van der Waals surface area contributed by atoms with Crippen molar-refractivity contribution in [3.8, 4) is 0 Å². The minimum atomic E-state index is -0.975. The molecule has 150 valence electrons. The lowest BCUT2D eigenvalue weighted by Gasteiger charge is -2.22. The summed E-state index contributed by atoms with van der Waals surface area (Å²) in [6, 6.07) is 14.7. The number of carbonyl (C=O) groups is 4. The van der Waals surface area contributed by atoms with Gasteiger partial charge >= 0.3 is 17.8 Å². The number of nitrogens with zero attached hydrogens (tertiary/aromatic N) is 2. The molecule has 3 rings (SSSR count). The monoisotopic (exact) mass is 392 g/mol. The summed E-state index contributed by atoms with van der Waals surface area (Å²) in [7, 11) is 0. The highest BCUT2D eigenvalue weighted by Gasteiger charge is 2.47. The molecule has 0 aliphatic carbocycles. The predicted molar refractivity (Wildman–Crippen MR) is 108 cm³/mol. The summed E-state index contributed by atoms with van der Waals surface area (Å²) in [6.45, 7) is 7.42. The van der Waals surface area contributed by atoms with Gasteiger partial charge in [0.25, 0.3) is 0 Å². The fraction of sp³-hybridized carbons (Fsp3) is 0.304. The van der Waals surface area contributed by atoms with Crippen LogP contribution in [-0.2, 0) is 15.0 Å². The van der Waals surface area contributed by atoms with Gasteiger partial charge in [-0.1, -0.05) is 75.4 Å². The van der Waals surface area contributed by atoms with Gasteiger partial charge in [0.05, 0.1) is 12.6 Å². The molecule has 29 heavy (non-hydrogen) atoms. The van der Waals surface area contributed by atoms with Crippen molar-refractivity contribution in [3.05, 3.63) is 71.3 Å². The first kappa shape index (κ1) is 20.5. The Morgan fingerprint density at radius 2 is 1.48 bits per heavy atom. The molecule has 1 atom stereocenters. The zero-order valence-electron chi connectivity index (χ0n) is 17.0. The normalized spacial score (nSPS) is 15.8. The van der Waals surface area contributed by atoms with Crippen LogP contribution in [0.2, 0.25) is 0 Å². The Morgan fingerprint density at radius 3 is 2.03 bits per heavy atom. The maximum atomic E-state index is 12.8. The van der Waals surface area contributed by atoms with Gasteiger partial charge in [0, 0.05) is 5.56 Å². The Morgan fingerprint density at radius 1 is 0.897 bits per heavy atom. The van der Waals surface area contributed by atoms with Crippen molar-refractivity contribution in [2.45, 2.75) is 39.2 Å². The van der Waals surface area contributed by atoms with E-state index in [1.165, 1.54) is 0 Å². The highest BCUT2D eigenvalue weighted by molar-refractivity contribution is 6.45. The van der Waals surface area contributed by atoms with E-state index in [4.69, 9.17) is 0 Å². The fourth-order valence-corrected chi connectivity index (χ4v) is 3.27. The van der Waals surface area contributed by atoms with E-state index in [-0.39, 0.29) is 5.41 Å². The summed E-state index contributed by atoms with van der Waals surface area (Å²) >= 11 is 0. The average Bonchev–Trinajstić information content (AvgIpc) is 2.91. The maximum Gasteiger partial charge on any atom is 0.335 e. The van der Waals surface area contributed by atoms with E-state index in [1.807, 2.05) is 18.2 Å². The van der Waals surface area contributed by atoms with E-state index in [0.717, 1.165) is 20.9 Å². The molecule has 2 aromatic carbocycles. The van der Waals surface area contributed by atoms with Gasteiger partial charge in [0.2, 0.25) is 0 Å². The minimum absolute atomic E-state index is 0.0526. The average molecular weight is 392 g/mol. The molecule has 0 spiro atoms. The molecule has 0 radical (unpaired) electrons. The number of hydrogen-bond donors (Lipinski definition) is 0. The van der Waals surface area contributed by atoms with Crippen LogP contribution in [0.3, 0.4) is 0 Å². The second-order valence-electron chi connectivity index (χ2n) is 8.19. The van der Waals surface area contributed by atoms with E-state index in [0.29, 0.717) is 5.56 Å². The second kappa shape index (κ2) is 7.62. The van der Waals surface area contributed by atoms with Crippen LogP contribution in [0.15, 0.2) is 54.6 Å². The van der Waals surface area contributed by atoms with Gasteiger partial charge in [-0.05, 0) is 23.5 Å². The molecule has 1 aliphatic rings. The van der Waals surface area contributed by atoms with Gasteiger partial charge in [-0.25, -0.2) is 14.6 Å². The van der Waals surface area contributed by atoms with Crippen LogP contribution in [0.4, 0.5) is 4.79 Å². The van der Waals surface area contributed by atoms with Crippen molar-refractivity contribution >= 4 is 23.6 Å². The molecular weight excluding hydrogens is 368 g/mol. The van der Waals surface area contributed by atoms with Crippen LogP contribution in [0.1, 0.15) is 55.2 Å². The zero-order valence-corrected chi connectivity index (χ0v) is 17.0. The van der Waals surface area contributed by atoms with Crippen LogP contribution in [0.25, 0.3) is 0 Å². The minimum Gasteiger partial charge on any atom is -0.292 e. The molecular formula is C23H24N2O4. The van der Waals surface area contributed by atoms with Gasteiger partial charge in [0.15, 0.2) is 5.78 Å². The molecule has 1 aliphatic heterocycles. The molecule has 6 nitrogen and oxygen atoms in total. The first-order valence-electron chi connectivity index (χ1n) is 9.49. The lowest BCUT2D eigenvalue weighted by atomic mass is 9.86. The van der Waals surface area contributed by atoms with Crippen LogP contribution in [-0.4, -0.2) is 40.0 Å². The molecule has 6 heteroatoms. The molecule has 1 saturated heterocycles. The molecule has 0 bridgehead atoms. The quantitative estimate of drug-likeness (QED) is 0.442. The molecule has 4 amide bonds. The molecule has 0 saturated carbocycles. The highest BCUT2D eigenvalue weighted by Crippen LogP contribution is 2.27. The SMILES string of the molecule is CC(c1ccccc1)N1C(=O)C(=O)N(CC(=O)c2ccc(C(C)(C)C)cc2)C1=O. The number of carbonyl (C=O) groups excluding carboxylic acids is 4. The third kappa shape index (κ3) is 3.97. The summed E-state index contributed by atoms with van der Waals surface area (Å²) in [5, 5.41) is 0. The summed E-state index contributed by atoms with van der Waals surface area (Å²) in [5.74, 6) is -2.28. The van der Waals surface area contributed by atoms with Crippen molar-refractivity contribution in [1.29, 1.82) is 0 Å². The lowest BCUT2D eigenvalue weighted by Crippen LogP contribution is -2.37. The lowest BCUT2D eigenvalue weighted by molar-refractivity contribution is -0.143. The number of Topliss-reactive ketones (excluding diaryl/α,β-unsaturated/α-hetero) is 1. The van der Waals surface area contributed by atoms with Gasteiger partial charge in [0.1, 0.15) is 0 Å². The summed E-state index contributed by atoms with van der Waals surface area (Å²) < 4.78 is 0. The molecule has 0 N–H and O–H groups in total. The van der Waals surface area contributed by atoms with Crippen LogP contribution < -0.4 is 0 Å². The van der Waals surface area contributed by atoms with E-state index < -0.39 is 36.2 Å². The van der Waals surface area contributed by atoms with E-state index >= 15 is 0 Å². The molecule has 1 unspecified atom stereocenters. The Kier molecular flexibility index (Phi) is 5.38. The third-order valence-corrected chi connectivity index (χ3v) is 5.13. The zero-order chi connectivity index (χ0) is 21.3. The van der Waals surface area contributed by atoms with Gasteiger partial charge in [-0.15, -0.1) is 0 Å². The number of amides is 4. The van der Waals surface area contributed by atoms with Crippen LogP contribution in [0, 0.1) is 0 Å². The van der Waals surface area contributed by atoms with E-state index in [1.54, 1.807) is 43.3 Å². The van der Waals surface area contributed by atoms with Crippen LogP contribution in [0.5, 0.6) is 0 Å². The van der Waals surface area contributed by atoms with Crippen molar-refractivity contribution in [2.75, 3.05) is 6.54 Å². The van der Waals surface area contributed by atoms with Gasteiger partial charge in [-0.2, -0.15) is 0 Å². The number of ketones is 1. The molecule has 0 aromatic heterocycles. The number of rotatable bonds is 5. The highest BCUT2D eigenvalue weighted by atomic mass is 16.2. The largest absolute Gasteiger partial charge is 0.335 e. The maximum absolute atomic E-state index is 12.8. The second-order valence-corrected chi connectivity index (χ2v) is 8.19. The Labute approximate surface area is 170 Å². The smallest absolute Gasteiger partial charge is 0.292 e. The number of urea groups is 1. The molecule has 1 heterocycles. The third-order valence-electron chi connectivity index (χ3n) is 5.13. The molecule has 2 aromatic rings. The Balaban J connectivity index is 1.77. The predicted octanol–water partition coefficient (Wildman–Crippen LogP) is 3.72. The fourth-order valence-electron chi connectivity index (χ4n) is 3.27. The summed E-state index contributed by atoms with van der Waals surface area (Å²) in [4.78, 5) is 51.8. The molecule has 1 fully saturated rings. The topological polar surface area (TPSA) is 74.8 Å². The van der Waals surface area contributed by atoms with Crippen molar-refractivity contribution in [1.82, 2.24) is 9.80 Å². The Bertz CT molecular complexity index is 959. The standard InChI is InChI=1S/C23H24N2O4/c1-15(16-8-6-5-7-9-16)25-21(28)20(27)24(22(25)29)14-19(26)17-10-12-18(13-11-17)23(2,3)4/h5-13,15H,14H2,1-4H3. The number of benzene rings is 2. The van der Waals surface area contributed by atoms with Gasteiger partial charge in [-0.3, -0.25) is 14.4 Å². The van der Waals surface area contributed by atoms with Crippen LogP contribution >= 0.6 is 0 Å². The number of imide groups is 2. The van der Waals surface area contributed by atoms with Crippen molar-refractivity contribution in [2.24, 2.45) is 0 Å². The Hall–Kier alpha value is -3.28. The number of hydrogen-bond acceptors (Lipinski definition) is 4. The summed E-state index contributed by atoms with van der Waals surface area (Å²) in [6.07, 6.45) is 0.